The van der Waals surface area contributed by atoms with Gasteiger partial charge in [-0.25, -0.2) is 0 Å². The molecule has 1 aromatic heterocycles. The molecule has 110 valence electrons. The van der Waals surface area contributed by atoms with Crippen LogP contribution in [0.4, 0.5) is 13.2 Å². The molecule has 0 aromatic carbocycles. The smallest absolute Gasteiger partial charge is 0.271 e. The van der Waals surface area contributed by atoms with Crippen molar-refractivity contribution in [2.24, 2.45) is 5.84 Å². The van der Waals surface area contributed by atoms with Crippen LogP contribution in [0, 0.1) is 0 Å². The van der Waals surface area contributed by atoms with E-state index < -0.39 is 17.8 Å². The molecule has 0 spiro atoms. The normalized spacial score (nSPS) is 17.7. The van der Waals surface area contributed by atoms with Gasteiger partial charge in [-0.3, -0.25) is 16.3 Å². The topological polar surface area (TPSA) is 50.9 Å². The standard InChI is InChI=1S/C14H18F3N3/c15-14(16,17)12-6-7-19-9-11(12)13(20-18)8-10-4-2-1-3-5-10/h4,6-7,9,13,20H,1-3,5,8,18H2. The second-order valence-electron chi connectivity index (χ2n) is 4.99. The lowest BCUT2D eigenvalue weighted by Crippen LogP contribution is -2.30. The molecule has 1 heterocycles. The van der Waals surface area contributed by atoms with Crippen LogP contribution in [0.15, 0.2) is 30.1 Å². The fourth-order valence-corrected chi connectivity index (χ4v) is 2.55. The van der Waals surface area contributed by atoms with E-state index in [4.69, 9.17) is 5.84 Å². The second kappa shape index (κ2) is 6.37. The third-order valence-corrected chi connectivity index (χ3v) is 3.59. The quantitative estimate of drug-likeness (QED) is 0.506. The van der Waals surface area contributed by atoms with Crippen molar-refractivity contribution in [2.75, 3.05) is 0 Å². The zero-order valence-electron chi connectivity index (χ0n) is 11.1. The van der Waals surface area contributed by atoms with E-state index in [1.54, 1.807) is 0 Å². The number of pyridine rings is 1. The fraction of sp³-hybridized carbons (Fsp3) is 0.500. The second-order valence-corrected chi connectivity index (χ2v) is 4.99. The van der Waals surface area contributed by atoms with Gasteiger partial charge >= 0.3 is 6.18 Å². The Bertz CT molecular complexity index is 483. The van der Waals surface area contributed by atoms with Crippen molar-refractivity contribution in [3.63, 3.8) is 0 Å². The van der Waals surface area contributed by atoms with Gasteiger partial charge in [0.1, 0.15) is 0 Å². The molecule has 1 aliphatic rings. The number of halogens is 3. The molecule has 0 amide bonds. The number of allylic oxidation sites excluding steroid dienone is 1. The number of hydrogen-bond donors (Lipinski definition) is 2. The number of nitrogens with zero attached hydrogens (tertiary/aromatic N) is 1. The van der Waals surface area contributed by atoms with Crippen molar-refractivity contribution < 1.29 is 13.2 Å². The number of nitrogens with one attached hydrogen (secondary N) is 1. The van der Waals surface area contributed by atoms with Crippen LogP contribution in [-0.4, -0.2) is 4.98 Å². The molecule has 0 fully saturated rings. The Labute approximate surface area is 116 Å². The number of nitrogens with two attached hydrogens (primary N) is 1. The van der Waals surface area contributed by atoms with Gasteiger partial charge in [0, 0.05) is 18.0 Å². The summed E-state index contributed by atoms with van der Waals surface area (Å²) in [5.41, 5.74) is 3.09. The summed E-state index contributed by atoms with van der Waals surface area (Å²) in [6, 6.07) is 0.430. The van der Waals surface area contributed by atoms with Crippen LogP contribution >= 0.6 is 0 Å². The Morgan fingerprint density at radius 1 is 1.35 bits per heavy atom. The summed E-state index contributed by atoms with van der Waals surface area (Å²) >= 11 is 0. The van der Waals surface area contributed by atoms with E-state index >= 15 is 0 Å². The first-order chi connectivity index (χ1) is 9.52. The maximum absolute atomic E-state index is 13.0. The lowest BCUT2D eigenvalue weighted by Gasteiger charge is -2.23. The van der Waals surface area contributed by atoms with Gasteiger partial charge in [-0.1, -0.05) is 11.6 Å². The molecule has 2 rings (SSSR count). The van der Waals surface area contributed by atoms with Crippen molar-refractivity contribution in [2.45, 2.75) is 44.3 Å². The summed E-state index contributed by atoms with van der Waals surface area (Å²) in [7, 11) is 0. The van der Waals surface area contributed by atoms with Gasteiger partial charge in [-0.2, -0.15) is 13.2 Å². The highest BCUT2D eigenvalue weighted by atomic mass is 19.4. The van der Waals surface area contributed by atoms with Gasteiger partial charge < -0.3 is 0 Å². The van der Waals surface area contributed by atoms with Gasteiger partial charge in [0.25, 0.3) is 0 Å². The van der Waals surface area contributed by atoms with Gasteiger partial charge in [0.05, 0.1) is 11.6 Å². The first kappa shape index (κ1) is 15.0. The largest absolute Gasteiger partial charge is 0.416 e. The van der Waals surface area contributed by atoms with Crippen LogP contribution in [0.2, 0.25) is 0 Å². The van der Waals surface area contributed by atoms with E-state index in [-0.39, 0.29) is 5.56 Å². The fourth-order valence-electron chi connectivity index (χ4n) is 2.55. The summed E-state index contributed by atoms with van der Waals surface area (Å²) in [5.74, 6) is 5.46. The molecular weight excluding hydrogens is 267 g/mol. The van der Waals surface area contributed by atoms with Gasteiger partial charge in [-0.05, 0) is 38.2 Å². The molecule has 20 heavy (non-hydrogen) atoms. The summed E-state index contributed by atoms with van der Waals surface area (Å²) < 4.78 is 39.0. The van der Waals surface area contributed by atoms with E-state index in [9.17, 15) is 13.2 Å². The van der Waals surface area contributed by atoms with Crippen LogP contribution in [0.1, 0.15) is 49.3 Å². The maximum Gasteiger partial charge on any atom is 0.416 e. The zero-order valence-corrected chi connectivity index (χ0v) is 11.1. The molecule has 1 unspecified atom stereocenters. The summed E-state index contributed by atoms with van der Waals surface area (Å²) in [4.78, 5) is 3.81. The van der Waals surface area contributed by atoms with E-state index in [0.29, 0.717) is 6.42 Å². The van der Waals surface area contributed by atoms with Gasteiger partial charge in [-0.15, -0.1) is 0 Å². The average molecular weight is 285 g/mol. The van der Waals surface area contributed by atoms with Crippen LogP contribution in [0.5, 0.6) is 0 Å². The number of alkyl halides is 3. The Morgan fingerprint density at radius 2 is 2.15 bits per heavy atom. The molecule has 3 N–H and O–H groups in total. The minimum atomic E-state index is -4.39. The van der Waals surface area contributed by atoms with E-state index in [1.165, 1.54) is 6.20 Å². The molecule has 0 radical (unpaired) electrons. The van der Waals surface area contributed by atoms with Crippen molar-refractivity contribution in [3.05, 3.63) is 41.2 Å². The van der Waals surface area contributed by atoms with Gasteiger partial charge in [0.2, 0.25) is 0 Å². The van der Waals surface area contributed by atoms with E-state index in [0.717, 1.165) is 43.5 Å². The first-order valence-corrected chi connectivity index (χ1v) is 6.67. The number of rotatable bonds is 4. The monoisotopic (exact) mass is 285 g/mol. The van der Waals surface area contributed by atoms with Crippen LogP contribution < -0.4 is 11.3 Å². The molecule has 6 heteroatoms. The average Bonchev–Trinajstić information content (AvgIpc) is 2.45. The molecule has 1 aromatic rings. The summed E-state index contributed by atoms with van der Waals surface area (Å²) in [6.45, 7) is 0. The Kier molecular flexibility index (Phi) is 4.77. The van der Waals surface area contributed by atoms with Crippen molar-refractivity contribution >= 4 is 0 Å². The van der Waals surface area contributed by atoms with Crippen LogP contribution in [0.3, 0.4) is 0 Å². The molecule has 3 nitrogen and oxygen atoms in total. The number of hydrogen-bond acceptors (Lipinski definition) is 3. The molecule has 0 aliphatic heterocycles. The highest BCUT2D eigenvalue weighted by molar-refractivity contribution is 5.30. The maximum atomic E-state index is 13.0. The van der Waals surface area contributed by atoms with Crippen LogP contribution in [-0.2, 0) is 6.18 Å². The predicted molar refractivity (Wildman–Crippen MR) is 70.5 cm³/mol. The Balaban J connectivity index is 2.25. The molecule has 1 atom stereocenters. The lowest BCUT2D eigenvalue weighted by atomic mass is 9.91. The Hall–Kier alpha value is -1.40. The highest BCUT2D eigenvalue weighted by Crippen LogP contribution is 2.36. The number of hydrazine groups is 1. The predicted octanol–water partition coefficient (Wildman–Crippen LogP) is 3.50. The third kappa shape index (κ3) is 3.58. The minimum Gasteiger partial charge on any atom is -0.271 e. The first-order valence-electron chi connectivity index (χ1n) is 6.67. The van der Waals surface area contributed by atoms with Crippen LogP contribution in [0.25, 0.3) is 0 Å². The lowest BCUT2D eigenvalue weighted by molar-refractivity contribution is -0.138. The SMILES string of the molecule is NNC(CC1=CCCCC1)c1cnccc1C(F)(F)F. The minimum absolute atomic E-state index is 0.106. The van der Waals surface area contributed by atoms with E-state index in [2.05, 4.69) is 16.5 Å². The zero-order chi connectivity index (χ0) is 14.6. The summed E-state index contributed by atoms with van der Waals surface area (Å²) in [6.07, 6.45) is 4.76. The Morgan fingerprint density at radius 3 is 2.75 bits per heavy atom. The van der Waals surface area contributed by atoms with Crippen molar-refractivity contribution in [3.8, 4) is 0 Å². The third-order valence-electron chi connectivity index (χ3n) is 3.59. The summed E-state index contributed by atoms with van der Waals surface area (Å²) in [5, 5.41) is 0. The van der Waals surface area contributed by atoms with Crippen molar-refractivity contribution in [1.82, 2.24) is 10.4 Å². The van der Waals surface area contributed by atoms with Gasteiger partial charge in [0.15, 0.2) is 0 Å². The number of aromatic nitrogens is 1. The molecule has 0 saturated heterocycles. The molecule has 1 aliphatic carbocycles. The van der Waals surface area contributed by atoms with E-state index in [1.807, 2.05) is 0 Å². The molecular formula is C14H18F3N3. The molecule has 0 bridgehead atoms. The highest BCUT2D eigenvalue weighted by Gasteiger charge is 2.35. The van der Waals surface area contributed by atoms with Crippen molar-refractivity contribution in [1.29, 1.82) is 0 Å². The molecule has 0 saturated carbocycles.